The van der Waals surface area contributed by atoms with Crippen LogP contribution in [0.4, 0.5) is 11.4 Å². The van der Waals surface area contributed by atoms with Crippen LogP contribution in [0.15, 0.2) is 18.2 Å². The van der Waals surface area contributed by atoms with E-state index in [4.69, 9.17) is 0 Å². The van der Waals surface area contributed by atoms with Crippen LogP contribution in [-0.2, 0) is 6.42 Å². The maximum atomic E-state index is 3.45. The largest absolute Gasteiger partial charge is 0.384 e. The van der Waals surface area contributed by atoms with E-state index >= 15 is 0 Å². The molecule has 2 aliphatic heterocycles. The lowest BCUT2D eigenvalue weighted by molar-refractivity contribution is 0.180. The molecule has 2 heterocycles. The first-order chi connectivity index (χ1) is 9.35. The van der Waals surface area contributed by atoms with Gasteiger partial charge < -0.3 is 10.2 Å². The van der Waals surface area contributed by atoms with Gasteiger partial charge in [0.05, 0.1) is 0 Å². The second-order valence-corrected chi connectivity index (χ2v) is 6.79. The lowest BCUT2D eigenvalue weighted by Crippen LogP contribution is -2.56. The number of anilines is 2. The molecule has 0 radical (unpaired) electrons. The van der Waals surface area contributed by atoms with Crippen LogP contribution in [0.5, 0.6) is 0 Å². The summed E-state index contributed by atoms with van der Waals surface area (Å²) in [5.41, 5.74) is 5.00. The fraction of sp³-hybridized carbons (Fsp3) is 0.647. The highest BCUT2D eigenvalue weighted by atomic mass is 15.2. The van der Waals surface area contributed by atoms with Gasteiger partial charge in [0.2, 0.25) is 0 Å². The number of hydrogen-bond acceptors (Lipinski definition) is 2. The summed E-state index contributed by atoms with van der Waals surface area (Å²) in [6.07, 6.45) is 9.98. The Bertz CT molecular complexity index is 464. The molecule has 1 saturated heterocycles. The van der Waals surface area contributed by atoms with Crippen LogP contribution in [0, 0.1) is 5.41 Å². The third kappa shape index (κ3) is 2.01. The molecule has 0 unspecified atom stereocenters. The molecule has 2 fully saturated rings. The number of rotatable bonds is 1. The van der Waals surface area contributed by atoms with Gasteiger partial charge in [-0.25, -0.2) is 0 Å². The lowest BCUT2D eigenvalue weighted by Gasteiger charge is -2.51. The van der Waals surface area contributed by atoms with E-state index in [0.29, 0.717) is 5.41 Å². The topological polar surface area (TPSA) is 15.3 Å². The van der Waals surface area contributed by atoms with Crippen LogP contribution < -0.4 is 10.2 Å². The van der Waals surface area contributed by atoms with Crippen LogP contribution >= 0.6 is 0 Å². The zero-order valence-corrected chi connectivity index (χ0v) is 11.8. The molecule has 3 aliphatic rings. The summed E-state index contributed by atoms with van der Waals surface area (Å²) in [5, 5.41) is 3.45. The average Bonchev–Trinajstić information content (AvgIpc) is 2.71. The molecule has 19 heavy (non-hydrogen) atoms. The first kappa shape index (κ1) is 11.6. The Morgan fingerprint density at radius 3 is 2.58 bits per heavy atom. The molecule has 4 rings (SSSR count). The van der Waals surface area contributed by atoms with Crippen LogP contribution in [0.1, 0.15) is 44.1 Å². The first-order valence-corrected chi connectivity index (χ1v) is 7.97. The molecule has 0 aromatic heterocycles. The maximum absolute atomic E-state index is 3.45. The van der Waals surface area contributed by atoms with Gasteiger partial charge >= 0.3 is 0 Å². The normalized spacial score (nSPS) is 24.5. The molecule has 2 heteroatoms. The third-order valence-electron chi connectivity index (χ3n) is 5.38. The minimum atomic E-state index is 0.674. The monoisotopic (exact) mass is 256 g/mol. The van der Waals surface area contributed by atoms with Crippen molar-refractivity contribution in [1.82, 2.24) is 0 Å². The molecule has 2 nitrogen and oxygen atoms in total. The van der Waals surface area contributed by atoms with Crippen LogP contribution in [-0.4, -0.2) is 19.6 Å². The standard InChI is InChI=1S/C17H24N2/c1-2-4-9-17(8-3-1)12-19(13-17)15-5-6-16-14(11-15)7-10-18-16/h5-6,11,18H,1-4,7-10,12-13H2. The van der Waals surface area contributed by atoms with Crippen molar-refractivity contribution < 1.29 is 0 Å². The number of nitrogens with one attached hydrogen (secondary N) is 1. The van der Waals surface area contributed by atoms with Gasteiger partial charge in [-0.3, -0.25) is 0 Å². The van der Waals surface area contributed by atoms with Gasteiger partial charge in [0.15, 0.2) is 0 Å². The molecule has 1 N–H and O–H groups in total. The summed E-state index contributed by atoms with van der Waals surface area (Å²) >= 11 is 0. The molecular formula is C17H24N2. The Hall–Kier alpha value is -1.18. The molecule has 102 valence electrons. The quantitative estimate of drug-likeness (QED) is 0.822. The molecule has 1 aliphatic carbocycles. The molecule has 1 spiro atoms. The number of fused-ring (bicyclic) bond motifs is 1. The van der Waals surface area contributed by atoms with E-state index in [1.807, 2.05) is 0 Å². The zero-order valence-electron chi connectivity index (χ0n) is 11.8. The summed E-state index contributed by atoms with van der Waals surface area (Å²) in [6, 6.07) is 7.00. The lowest BCUT2D eigenvalue weighted by atomic mass is 9.73. The van der Waals surface area contributed by atoms with Gasteiger partial charge in [-0.1, -0.05) is 25.7 Å². The molecule has 1 saturated carbocycles. The fourth-order valence-corrected chi connectivity index (χ4v) is 4.23. The van der Waals surface area contributed by atoms with E-state index in [0.717, 1.165) is 6.54 Å². The SMILES string of the molecule is c1cc2c(cc1N1CC3(CCCCCC3)C1)CCN2. The molecular weight excluding hydrogens is 232 g/mol. The van der Waals surface area contributed by atoms with Crippen LogP contribution in [0.2, 0.25) is 0 Å². The van der Waals surface area contributed by atoms with Crippen molar-refractivity contribution in [2.75, 3.05) is 29.9 Å². The van der Waals surface area contributed by atoms with Crippen molar-refractivity contribution in [2.24, 2.45) is 5.41 Å². The van der Waals surface area contributed by atoms with Crippen molar-refractivity contribution in [1.29, 1.82) is 0 Å². The van der Waals surface area contributed by atoms with Gasteiger partial charge in [-0.05, 0) is 43.0 Å². The van der Waals surface area contributed by atoms with Gasteiger partial charge in [0, 0.05) is 36.4 Å². The van der Waals surface area contributed by atoms with Gasteiger partial charge in [-0.15, -0.1) is 0 Å². The van der Waals surface area contributed by atoms with E-state index in [2.05, 4.69) is 28.4 Å². The Morgan fingerprint density at radius 2 is 1.79 bits per heavy atom. The highest BCUT2D eigenvalue weighted by Crippen LogP contribution is 2.45. The summed E-state index contributed by atoms with van der Waals surface area (Å²) < 4.78 is 0. The molecule has 1 aromatic rings. The van der Waals surface area contributed by atoms with E-state index in [-0.39, 0.29) is 0 Å². The van der Waals surface area contributed by atoms with Gasteiger partial charge in [-0.2, -0.15) is 0 Å². The minimum Gasteiger partial charge on any atom is -0.384 e. The summed E-state index contributed by atoms with van der Waals surface area (Å²) in [4.78, 5) is 2.60. The Labute approximate surface area is 116 Å². The fourth-order valence-electron chi connectivity index (χ4n) is 4.23. The molecule has 0 atom stereocenters. The molecule has 1 aromatic carbocycles. The Balaban J connectivity index is 1.47. The molecule has 0 bridgehead atoms. The third-order valence-corrected chi connectivity index (χ3v) is 5.38. The first-order valence-electron chi connectivity index (χ1n) is 7.97. The number of nitrogens with zero attached hydrogens (tertiary/aromatic N) is 1. The van der Waals surface area contributed by atoms with Crippen molar-refractivity contribution in [3.8, 4) is 0 Å². The highest BCUT2D eigenvalue weighted by Gasteiger charge is 2.42. The Kier molecular flexibility index (Phi) is 2.71. The van der Waals surface area contributed by atoms with Gasteiger partial charge in [0.1, 0.15) is 0 Å². The van der Waals surface area contributed by atoms with E-state index < -0.39 is 0 Å². The average molecular weight is 256 g/mol. The number of benzene rings is 1. The predicted octanol–water partition coefficient (Wildman–Crippen LogP) is 3.82. The minimum absolute atomic E-state index is 0.674. The maximum Gasteiger partial charge on any atom is 0.0375 e. The smallest absolute Gasteiger partial charge is 0.0375 e. The van der Waals surface area contributed by atoms with Crippen LogP contribution in [0.25, 0.3) is 0 Å². The molecule has 0 amide bonds. The highest BCUT2D eigenvalue weighted by molar-refractivity contribution is 5.64. The van der Waals surface area contributed by atoms with Crippen LogP contribution in [0.3, 0.4) is 0 Å². The van der Waals surface area contributed by atoms with Crippen molar-refractivity contribution in [3.05, 3.63) is 23.8 Å². The number of hydrogen-bond donors (Lipinski definition) is 1. The van der Waals surface area contributed by atoms with E-state index in [1.54, 1.807) is 0 Å². The van der Waals surface area contributed by atoms with E-state index in [1.165, 1.54) is 75.0 Å². The van der Waals surface area contributed by atoms with Gasteiger partial charge in [0.25, 0.3) is 0 Å². The van der Waals surface area contributed by atoms with E-state index in [9.17, 15) is 0 Å². The summed E-state index contributed by atoms with van der Waals surface area (Å²) in [5.74, 6) is 0. The zero-order chi connectivity index (χ0) is 12.7. The summed E-state index contributed by atoms with van der Waals surface area (Å²) in [6.45, 7) is 3.72. The second kappa shape index (κ2) is 4.43. The summed E-state index contributed by atoms with van der Waals surface area (Å²) in [7, 11) is 0. The Morgan fingerprint density at radius 1 is 1.00 bits per heavy atom. The van der Waals surface area contributed by atoms with Crippen molar-refractivity contribution >= 4 is 11.4 Å². The van der Waals surface area contributed by atoms with Crippen molar-refractivity contribution in [2.45, 2.75) is 44.9 Å². The van der Waals surface area contributed by atoms with Crippen molar-refractivity contribution in [3.63, 3.8) is 0 Å². The predicted molar refractivity (Wildman–Crippen MR) is 81.0 cm³/mol. The second-order valence-electron chi connectivity index (χ2n) is 6.79.